The molecule has 0 amide bonds. The first kappa shape index (κ1) is 39.0. The van der Waals surface area contributed by atoms with Gasteiger partial charge in [0.25, 0.3) is 0 Å². The number of rotatable bonds is 5. The van der Waals surface area contributed by atoms with Crippen molar-refractivity contribution in [2.45, 2.75) is 51.1 Å². The summed E-state index contributed by atoms with van der Waals surface area (Å²) in [7, 11) is 0. The molecule has 6 aromatic carbocycles. The van der Waals surface area contributed by atoms with E-state index >= 15 is 0 Å². The summed E-state index contributed by atoms with van der Waals surface area (Å²) < 4.78 is 45.5. The number of benzene rings is 6. The summed E-state index contributed by atoms with van der Waals surface area (Å²) in [5, 5.41) is 10.1. The van der Waals surface area contributed by atoms with Crippen LogP contribution in [0.15, 0.2) is 138 Å². The SMILES string of the molecule is Cc1cc2c(oc3ccccc32)c(C)c1N1c2ccccc2[N-]C1c1[c-]cc(C)c2c1sc1nc(-c3ccccc3)ccc12.[2H]C([2H])([2H])c1cc(-c2[c-]cccc2F)nc[c]1[Ge]([CH3])([CH3])[CH3].[Ir+3]. The topological polar surface area (TPSA) is 56.3 Å². The van der Waals surface area contributed by atoms with E-state index < -0.39 is 25.9 Å². The predicted octanol–water partition coefficient (Wildman–Crippen LogP) is 15.1. The first-order valence-corrected chi connectivity index (χ1v) is 28.8. The van der Waals surface area contributed by atoms with Crippen LogP contribution in [0, 0.1) is 45.6 Å². The molecule has 312 valence electrons. The van der Waals surface area contributed by atoms with Crippen LogP contribution in [-0.4, -0.2) is 23.2 Å². The molecular formula is C54H44FGeIrN4OS. The standard InChI is InChI=1S/C39H27N3OS.C15H17FGeN.Ir/c1-22-17-18-28(37-34(22)27-19-20-30(41-39(27)44-37)25-11-5-4-6-12-25)38-40-31-14-8-9-15-32(31)42(38)35-23(2)21-29-26-13-7-10-16-33(26)43-36(29)24(35)3;1-11-9-15(12-7-5-6-8-13(12)16)18-10-14(11)17(2,3)4;/h4-17,19-21,38H,1-3H3;5-6,8-10H,1-4H3;/q-2;-1;+3/i;1D3;. The number of nitrogens with zero attached hydrogens (tertiary/aromatic N) is 4. The Morgan fingerprint density at radius 1 is 0.810 bits per heavy atom. The Balaban J connectivity index is 0.000000211. The number of para-hydroxylation sites is 3. The summed E-state index contributed by atoms with van der Waals surface area (Å²) in [5.74, 6) is 5.88. The molecule has 11 rings (SSSR count). The molecule has 10 aromatic rings. The van der Waals surface area contributed by atoms with Gasteiger partial charge in [-0.3, -0.25) is 0 Å². The molecule has 1 atom stereocenters. The van der Waals surface area contributed by atoms with Gasteiger partial charge in [0.15, 0.2) is 0 Å². The molecule has 1 aliphatic rings. The van der Waals surface area contributed by atoms with E-state index in [0.29, 0.717) is 5.69 Å². The molecular weight excluding hydrogens is 1040 g/mol. The zero-order valence-electron chi connectivity index (χ0n) is 38.6. The smallest absolute Gasteiger partial charge is 3.00 e. The minimum Gasteiger partial charge on any atom is 3.00 e. The molecule has 0 N–H and O–H groups in total. The van der Waals surface area contributed by atoms with Gasteiger partial charge >= 0.3 is 135 Å². The van der Waals surface area contributed by atoms with Crippen LogP contribution in [0.5, 0.6) is 0 Å². The van der Waals surface area contributed by atoms with Crippen molar-refractivity contribution in [3.8, 4) is 22.5 Å². The van der Waals surface area contributed by atoms with E-state index in [9.17, 15) is 4.39 Å². The van der Waals surface area contributed by atoms with Crippen molar-refractivity contribution in [2.24, 2.45) is 0 Å². The van der Waals surface area contributed by atoms with Crippen molar-refractivity contribution in [1.82, 2.24) is 9.97 Å². The number of aromatic nitrogens is 2. The fourth-order valence-corrected chi connectivity index (χ4v) is 12.8. The summed E-state index contributed by atoms with van der Waals surface area (Å²) in [6.45, 7) is 4.32. The van der Waals surface area contributed by atoms with E-state index in [1.807, 2.05) is 18.2 Å². The van der Waals surface area contributed by atoms with Crippen LogP contribution in [0.4, 0.5) is 21.5 Å². The number of hydrogen-bond acceptors (Lipinski definition) is 5. The third kappa shape index (κ3) is 7.57. The Morgan fingerprint density at radius 2 is 1.59 bits per heavy atom. The maximum absolute atomic E-state index is 13.8. The van der Waals surface area contributed by atoms with Gasteiger partial charge < -0.3 is 14.6 Å². The Labute approximate surface area is 392 Å². The zero-order valence-corrected chi connectivity index (χ0v) is 40.9. The molecule has 1 unspecified atom stereocenters. The van der Waals surface area contributed by atoms with Crippen LogP contribution in [-0.2, 0) is 20.1 Å². The maximum Gasteiger partial charge on any atom is 3.00 e. The molecule has 5 nitrogen and oxygen atoms in total. The minimum absolute atomic E-state index is 0. The normalized spacial score (nSPS) is 14.4. The van der Waals surface area contributed by atoms with Gasteiger partial charge in [0.05, 0.1) is 5.69 Å². The average molecular weight is 1080 g/mol. The molecule has 9 heteroatoms. The van der Waals surface area contributed by atoms with E-state index in [2.05, 4.69) is 145 Å². The molecule has 5 heterocycles. The second-order valence-electron chi connectivity index (χ2n) is 16.9. The van der Waals surface area contributed by atoms with Gasteiger partial charge in [0.2, 0.25) is 0 Å². The first-order valence-electron chi connectivity index (χ1n) is 22.2. The van der Waals surface area contributed by atoms with Crippen LogP contribution in [0.25, 0.3) is 70.1 Å². The maximum atomic E-state index is 13.8. The van der Waals surface area contributed by atoms with Gasteiger partial charge in [-0.1, -0.05) is 84.4 Å². The van der Waals surface area contributed by atoms with Crippen molar-refractivity contribution in [1.29, 1.82) is 0 Å². The molecule has 0 bridgehead atoms. The summed E-state index contributed by atoms with van der Waals surface area (Å²) in [6.07, 6.45) is 1.33. The van der Waals surface area contributed by atoms with E-state index in [4.69, 9.17) is 18.8 Å². The Kier molecular flexibility index (Phi) is 10.4. The third-order valence-corrected chi connectivity index (χ3v) is 17.1. The Morgan fingerprint density at radius 3 is 2.38 bits per heavy atom. The second-order valence-corrected chi connectivity index (χ2v) is 28.4. The predicted molar refractivity (Wildman–Crippen MR) is 260 cm³/mol. The summed E-state index contributed by atoms with van der Waals surface area (Å²) in [6, 6.07) is 48.3. The van der Waals surface area contributed by atoms with E-state index in [1.54, 1.807) is 29.7 Å². The number of hydrogen-bond donors (Lipinski definition) is 0. The van der Waals surface area contributed by atoms with Crippen LogP contribution in [0.1, 0.15) is 38.1 Å². The van der Waals surface area contributed by atoms with Gasteiger partial charge in [-0.05, 0) is 55.2 Å². The van der Waals surface area contributed by atoms with E-state index in [0.717, 1.165) is 70.6 Å². The molecule has 0 saturated carbocycles. The number of aryl methyl sites for hydroxylation is 4. The molecule has 63 heavy (non-hydrogen) atoms. The summed E-state index contributed by atoms with van der Waals surface area (Å²) in [5.41, 5.74) is 12.5. The number of fused-ring (bicyclic) bond motifs is 7. The van der Waals surface area contributed by atoms with Crippen LogP contribution in [0.2, 0.25) is 17.3 Å². The van der Waals surface area contributed by atoms with Gasteiger partial charge in [0.1, 0.15) is 16.0 Å². The first-order chi connectivity index (χ1) is 31.2. The molecule has 0 radical (unpaired) electrons. The van der Waals surface area contributed by atoms with E-state index in [-0.39, 0.29) is 37.4 Å². The van der Waals surface area contributed by atoms with Crippen molar-refractivity contribution in [3.05, 3.63) is 185 Å². The van der Waals surface area contributed by atoms with Crippen LogP contribution in [0.3, 0.4) is 0 Å². The van der Waals surface area contributed by atoms with Gasteiger partial charge in [-0.25, -0.2) is 4.98 Å². The summed E-state index contributed by atoms with van der Waals surface area (Å²) >= 11 is -0.636. The zero-order chi connectivity index (χ0) is 45.4. The Bertz CT molecular complexity index is 3480. The molecule has 0 fully saturated rings. The molecule has 4 aromatic heterocycles. The number of furan rings is 1. The van der Waals surface area contributed by atoms with Crippen LogP contribution >= 0.6 is 11.3 Å². The molecule has 0 saturated heterocycles. The molecule has 1 aliphatic heterocycles. The molecule has 0 aliphatic carbocycles. The fourth-order valence-electron chi connectivity index (χ4n) is 8.73. The number of halogens is 1. The number of pyridine rings is 2. The number of anilines is 2. The van der Waals surface area contributed by atoms with Gasteiger partial charge in [0, 0.05) is 33.3 Å². The van der Waals surface area contributed by atoms with Crippen molar-refractivity contribution in [2.75, 3.05) is 4.90 Å². The minimum atomic E-state index is -2.38. The van der Waals surface area contributed by atoms with Crippen molar-refractivity contribution < 1.29 is 33.0 Å². The monoisotopic (exact) mass is 1090 g/mol. The van der Waals surface area contributed by atoms with Crippen molar-refractivity contribution in [3.63, 3.8) is 0 Å². The largest absolute Gasteiger partial charge is 3.00 e. The summed E-state index contributed by atoms with van der Waals surface area (Å²) in [4.78, 5) is 12.8. The third-order valence-electron chi connectivity index (χ3n) is 11.7. The van der Waals surface area contributed by atoms with E-state index in [1.165, 1.54) is 38.7 Å². The molecule has 0 spiro atoms. The van der Waals surface area contributed by atoms with Crippen molar-refractivity contribution >= 4 is 88.3 Å². The quantitative estimate of drug-likeness (QED) is 0.127. The fraction of sp³-hybridized carbons (Fsp3) is 0.148. The number of thiophene rings is 1. The van der Waals surface area contributed by atoms with Crippen LogP contribution < -0.4 is 9.30 Å². The van der Waals surface area contributed by atoms with Gasteiger partial charge in [-0.15, -0.1) is 22.2 Å². The second kappa shape index (κ2) is 16.8. The van der Waals surface area contributed by atoms with Gasteiger partial charge in [-0.2, -0.15) is 23.5 Å². The average Bonchev–Trinajstić information content (AvgIpc) is 3.99. The Hall–Kier alpha value is -5.64.